The first-order chi connectivity index (χ1) is 5.55. The summed E-state index contributed by atoms with van der Waals surface area (Å²) in [6, 6.07) is 8.50. The molecule has 4 heteroatoms. The van der Waals surface area contributed by atoms with E-state index in [1.54, 1.807) is 0 Å². The average molecular weight is 185 g/mol. The Balaban J connectivity index is 3.17. The molecule has 1 unspecified atom stereocenters. The lowest BCUT2D eigenvalue weighted by molar-refractivity contribution is 0.268. The molecule has 12 heavy (non-hydrogen) atoms. The van der Waals surface area contributed by atoms with Crippen LogP contribution in [0.1, 0.15) is 6.92 Å². The van der Waals surface area contributed by atoms with Crippen molar-refractivity contribution in [1.82, 2.24) is 0 Å². The molecule has 0 aliphatic rings. The summed E-state index contributed by atoms with van der Waals surface area (Å²) in [5, 5.41) is 8.94. The molecule has 0 aliphatic heterocycles. The summed E-state index contributed by atoms with van der Waals surface area (Å²) in [4.78, 5) is 0.122. The van der Waals surface area contributed by atoms with Crippen molar-refractivity contribution in [3.63, 3.8) is 0 Å². The fourth-order valence-corrected chi connectivity index (χ4v) is 1.67. The van der Waals surface area contributed by atoms with Gasteiger partial charge in [-0.05, 0) is 25.1 Å². The molecule has 0 saturated carbocycles. The van der Waals surface area contributed by atoms with Gasteiger partial charge in [0.2, 0.25) is 9.84 Å². The number of hydrogen-bond acceptors (Lipinski definition) is 3. The minimum absolute atomic E-state index is 0.122. The van der Waals surface area contributed by atoms with Gasteiger partial charge >= 0.3 is 0 Å². The third-order valence-electron chi connectivity index (χ3n) is 1.47. The summed E-state index contributed by atoms with van der Waals surface area (Å²) >= 11 is 0. The van der Waals surface area contributed by atoms with Gasteiger partial charge < -0.3 is 5.11 Å². The number of benzene rings is 1. The van der Waals surface area contributed by atoms with Crippen LogP contribution in [0.4, 0.5) is 0 Å². The van der Waals surface area contributed by atoms with Gasteiger partial charge in [0.25, 0.3) is 0 Å². The first kappa shape index (κ1) is 9.22. The van der Waals surface area contributed by atoms with E-state index >= 15 is 0 Å². The molecule has 1 aromatic rings. The molecule has 1 rings (SSSR count). The average Bonchev–Trinajstić information content (AvgIpc) is 2.06. The van der Waals surface area contributed by atoms with Crippen LogP contribution in [0.15, 0.2) is 29.2 Å². The maximum atomic E-state index is 11.3. The molecule has 0 fully saturated rings. The van der Waals surface area contributed by atoms with Crippen LogP contribution in [0.2, 0.25) is 0 Å². The maximum absolute atomic E-state index is 11.3. The van der Waals surface area contributed by atoms with E-state index < -0.39 is 15.3 Å². The maximum Gasteiger partial charge on any atom is 0.204 e. The molecule has 0 saturated heterocycles. The van der Waals surface area contributed by atoms with E-state index in [0.29, 0.717) is 0 Å². The largest absolute Gasteiger partial charge is 0.377 e. The highest BCUT2D eigenvalue weighted by Gasteiger charge is 2.19. The summed E-state index contributed by atoms with van der Waals surface area (Å²) in [6.45, 7) is 1.23. The van der Waals surface area contributed by atoms with E-state index in [-0.39, 0.29) is 4.90 Å². The van der Waals surface area contributed by atoms with Crippen LogP contribution in [0.3, 0.4) is 0 Å². The van der Waals surface area contributed by atoms with E-state index in [1.165, 1.54) is 31.2 Å². The zero-order chi connectivity index (χ0) is 9.19. The second-order valence-corrected chi connectivity index (χ2v) is 4.62. The van der Waals surface area contributed by atoms with Gasteiger partial charge in [-0.3, -0.25) is 0 Å². The molecule has 0 heterocycles. The SMILES string of the molecule is CC(O)S(=O)(=O)c1cc[c]cc1. The van der Waals surface area contributed by atoms with Gasteiger partial charge in [0.05, 0.1) is 4.90 Å². The van der Waals surface area contributed by atoms with Crippen LogP contribution in [-0.4, -0.2) is 19.0 Å². The van der Waals surface area contributed by atoms with Gasteiger partial charge in [-0.15, -0.1) is 0 Å². The van der Waals surface area contributed by atoms with Crippen molar-refractivity contribution in [2.45, 2.75) is 17.3 Å². The Kier molecular flexibility index (Phi) is 2.49. The summed E-state index contributed by atoms with van der Waals surface area (Å²) in [5.41, 5.74) is -1.36. The van der Waals surface area contributed by atoms with Crippen molar-refractivity contribution in [3.8, 4) is 0 Å². The topological polar surface area (TPSA) is 54.4 Å². The number of rotatable bonds is 2. The Hall–Kier alpha value is -0.870. The predicted octanol–water partition coefficient (Wildman–Crippen LogP) is 0.599. The van der Waals surface area contributed by atoms with E-state index in [1.807, 2.05) is 0 Å². The molecule has 1 aromatic carbocycles. The Morgan fingerprint density at radius 1 is 1.42 bits per heavy atom. The van der Waals surface area contributed by atoms with Gasteiger partial charge in [-0.2, -0.15) is 0 Å². The summed E-state index contributed by atoms with van der Waals surface area (Å²) in [7, 11) is -3.54. The first-order valence-corrected chi connectivity index (χ1v) is 4.98. The van der Waals surface area contributed by atoms with Crippen LogP contribution in [0.5, 0.6) is 0 Å². The van der Waals surface area contributed by atoms with Gasteiger partial charge in [0.1, 0.15) is 0 Å². The van der Waals surface area contributed by atoms with Crippen molar-refractivity contribution in [3.05, 3.63) is 30.3 Å². The highest BCUT2D eigenvalue weighted by molar-refractivity contribution is 7.91. The Bertz CT molecular complexity index is 340. The third kappa shape index (κ3) is 1.65. The number of aliphatic hydroxyl groups is 1. The molecular formula is C8H9O3S. The smallest absolute Gasteiger partial charge is 0.204 e. The van der Waals surface area contributed by atoms with E-state index in [2.05, 4.69) is 6.07 Å². The number of aliphatic hydroxyl groups excluding tert-OH is 1. The van der Waals surface area contributed by atoms with Crippen molar-refractivity contribution in [2.24, 2.45) is 0 Å². The fraction of sp³-hybridized carbons (Fsp3) is 0.250. The van der Waals surface area contributed by atoms with Crippen LogP contribution >= 0.6 is 0 Å². The number of hydrogen-bond donors (Lipinski definition) is 1. The second-order valence-electron chi connectivity index (χ2n) is 2.38. The molecule has 0 aromatic heterocycles. The predicted molar refractivity (Wildman–Crippen MR) is 44.1 cm³/mol. The van der Waals surface area contributed by atoms with Crippen molar-refractivity contribution in [2.75, 3.05) is 0 Å². The second kappa shape index (κ2) is 3.25. The summed E-state index contributed by atoms with van der Waals surface area (Å²) < 4.78 is 22.5. The Morgan fingerprint density at radius 2 is 1.92 bits per heavy atom. The lowest BCUT2D eigenvalue weighted by Gasteiger charge is -2.05. The zero-order valence-corrected chi connectivity index (χ0v) is 7.38. The highest BCUT2D eigenvalue weighted by Crippen LogP contribution is 2.12. The van der Waals surface area contributed by atoms with Crippen molar-refractivity contribution >= 4 is 9.84 Å². The molecular weight excluding hydrogens is 176 g/mol. The molecule has 1 N–H and O–H groups in total. The van der Waals surface area contributed by atoms with Crippen molar-refractivity contribution < 1.29 is 13.5 Å². The van der Waals surface area contributed by atoms with E-state index in [4.69, 9.17) is 5.11 Å². The van der Waals surface area contributed by atoms with Crippen LogP contribution in [0.25, 0.3) is 0 Å². The molecule has 1 atom stereocenters. The fourth-order valence-electron chi connectivity index (χ4n) is 0.758. The lowest BCUT2D eigenvalue weighted by atomic mass is 10.4. The molecule has 0 aliphatic carbocycles. The van der Waals surface area contributed by atoms with Gasteiger partial charge in [0, 0.05) is 0 Å². The van der Waals surface area contributed by atoms with Crippen molar-refractivity contribution in [1.29, 1.82) is 0 Å². The lowest BCUT2D eigenvalue weighted by Crippen LogP contribution is -2.16. The summed E-state index contributed by atoms with van der Waals surface area (Å²) in [5.74, 6) is 0. The molecule has 0 amide bonds. The van der Waals surface area contributed by atoms with E-state index in [9.17, 15) is 8.42 Å². The minimum Gasteiger partial charge on any atom is -0.377 e. The van der Waals surface area contributed by atoms with Crippen LogP contribution < -0.4 is 0 Å². The summed E-state index contributed by atoms with van der Waals surface area (Å²) in [6.07, 6.45) is 0. The molecule has 3 nitrogen and oxygen atoms in total. The molecule has 65 valence electrons. The first-order valence-electron chi connectivity index (χ1n) is 3.43. The number of sulfone groups is 1. The standard InChI is InChI=1S/C8H9O3S/c1-7(9)12(10,11)8-5-3-2-4-6-8/h3-7,9H,1H3. The zero-order valence-electron chi connectivity index (χ0n) is 6.56. The quantitative estimate of drug-likeness (QED) is 0.734. The van der Waals surface area contributed by atoms with Crippen LogP contribution in [-0.2, 0) is 9.84 Å². The van der Waals surface area contributed by atoms with Gasteiger partial charge in [-0.25, -0.2) is 8.42 Å². The van der Waals surface area contributed by atoms with Gasteiger partial charge in [0.15, 0.2) is 5.44 Å². The normalized spacial score (nSPS) is 14.2. The molecule has 0 spiro atoms. The van der Waals surface area contributed by atoms with Crippen LogP contribution in [0, 0.1) is 6.07 Å². The monoisotopic (exact) mass is 185 g/mol. The third-order valence-corrected chi connectivity index (χ3v) is 3.29. The van der Waals surface area contributed by atoms with Gasteiger partial charge in [-0.1, -0.05) is 12.1 Å². The molecule has 0 bridgehead atoms. The Morgan fingerprint density at radius 3 is 2.33 bits per heavy atom. The molecule has 1 radical (unpaired) electrons. The van der Waals surface area contributed by atoms with E-state index in [0.717, 1.165) is 0 Å². The Labute approximate surface area is 71.6 Å². The highest BCUT2D eigenvalue weighted by atomic mass is 32.2. The minimum atomic E-state index is -3.54.